The predicted molar refractivity (Wildman–Crippen MR) is 84.3 cm³/mol. The van der Waals surface area contributed by atoms with Crippen molar-refractivity contribution in [3.63, 3.8) is 0 Å². The Morgan fingerprint density at radius 3 is 2.48 bits per heavy atom. The van der Waals surface area contributed by atoms with Gasteiger partial charge in [-0.05, 0) is 18.2 Å². The van der Waals surface area contributed by atoms with Crippen LogP contribution in [0.5, 0.6) is 0 Å². The molecular formula is C15H11Cl2N3O. The normalized spacial score (nSPS) is 10.8. The molecule has 3 rings (SSSR count). The molecule has 0 unspecified atom stereocenters. The van der Waals surface area contributed by atoms with Crippen molar-refractivity contribution in [2.75, 3.05) is 0 Å². The highest BCUT2D eigenvalue weighted by Gasteiger charge is 2.15. The van der Waals surface area contributed by atoms with E-state index in [-0.39, 0.29) is 5.69 Å². The van der Waals surface area contributed by atoms with E-state index in [1.165, 1.54) is 9.25 Å². The molecule has 0 atom stereocenters. The molecule has 3 aromatic rings. The Hall–Kier alpha value is -2.04. The van der Waals surface area contributed by atoms with Crippen LogP contribution in [0, 0.1) is 0 Å². The first-order chi connectivity index (χ1) is 10.1. The summed E-state index contributed by atoms with van der Waals surface area (Å²) in [4.78, 5) is 12.4. The number of rotatable bonds is 2. The molecule has 0 aliphatic rings. The lowest BCUT2D eigenvalue weighted by molar-refractivity contribution is 0.799. The van der Waals surface area contributed by atoms with Crippen molar-refractivity contribution in [2.45, 2.75) is 0 Å². The summed E-state index contributed by atoms with van der Waals surface area (Å²) in [5.74, 6) is 0.566. The van der Waals surface area contributed by atoms with Gasteiger partial charge < -0.3 is 0 Å². The van der Waals surface area contributed by atoms with Crippen LogP contribution in [0.25, 0.3) is 17.1 Å². The van der Waals surface area contributed by atoms with Crippen molar-refractivity contribution in [3.8, 4) is 17.1 Å². The Labute approximate surface area is 131 Å². The first kappa shape index (κ1) is 13.9. The molecule has 0 saturated carbocycles. The van der Waals surface area contributed by atoms with E-state index < -0.39 is 0 Å². The summed E-state index contributed by atoms with van der Waals surface area (Å²) in [6.07, 6.45) is 0. The molecule has 0 fully saturated rings. The number of hydrogen-bond donors (Lipinski definition) is 0. The fraction of sp³-hybridized carbons (Fsp3) is 0.0667. The maximum absolute atomic E-state index is 12.4. The van der Waals surface area contributed by atoms with Crippen molar-refractivity contribution in [1.82, 2.24) is 14.3 Å². The van der Waals surface area contributed by atoms with Gasteiger partial charge in [0.15, 0.2) is 5.82 Å². The minimum Gasteiger partial charge on any atom is -0.278 e. The van der Waals surface area contributed by atoms with E-state index in [9.17, 15) is 4.79 Å². The average molecular weight is 320 g/mol. The molecule has 1 heterocycles. The first-order valence-electron chi connectivity index (χ1n) is 6.25. The highest BCUT2D eigenvalue weighted by Crippen LogP contribution is 2.24. The van der Waals surface area contributed by atoms with E-state index in [1.54, 1.807) is 25.2 Å². The Kier molecular flexibility index (Phi) is 3.57. The molecule has 21 heavy (non-hydrogen) atoms. The molecule has 1 aromatic heterocycles. The fourth-order valence-electron chi connectivity index (χ4n) is 2.08. The van der Waals surface area contributed by atoms with Gasteiger partial charge in [0.2, 0.25) is 0 Å². The Bertz CT molecular complexity index is 853. The maximum atomic E-state index is 12.4. The third kappa shape index (κ3) is 2.48. The molecule has 0 saturated heterocycles. The SMILES string of the molecule is Cn1c(-c2ccccc2)nn(-c2cc(Cl)ccc2Cl)c1=O. The third-order valence-electron chi connectivity index (χ3n) is 3.15. The summed E-state index contributed by atoms with van der Waals surface area (Å²) < 4.78 is 2.74. The summed E-state index contributed by atoms with van der Waals surface area (Å²) >= 11 is 12.1. The minimum absolute atomic E-state index is 0.280. The molecule has 0 spiro atoms. The Morgan fingerprint density at radius 1 is 1.05 bits per heavy atom. The van der Waals surface area contributed by atoms with Crippen LogP contribution in [0.3, 0.4) is 0 Å². The standard InChI is InChI=1S/C15H11Cl2N3O/c1-19-14(10-5-3-2-4-6-10)18-20(15(19)21)13-9-11(16)7-8-12(13)17/h2-9H,1H3. The quantitative estimate of drug-likeness (QED) is 0.724. The molecule has 6 heteroatoms. The molecule has 0 N–H and O–H groups in total. The lowest BCUT2D eigenvalue weighted by Crippen LogP contribution is -2.22. The van der Waals surface area contributed by atoms with Gasteiger partial charge in [-0.3, -0.25) is 4.57 Å². The van der Waals surface area contributed by atoms with E-state index in [4.69, 9.17) is 23.2 Å². The molecule has 0 radical (unpaired) electrons. The number of nitrogens with zero attached hydrogens (tertiary/aromatic N) is 3. The van der Waals surface area contributed by atoms with Crippen molar-refractivity contribution in [3.05, 3.63) is 69.1 Å². The van der Waals surface area contributed by atoms with E-state index in [2.05, 4.69) is 5.10 Å². The maximum Gasteiger partial charge on any atom is 0.350 e. The van der Waals surface area contributed by atoms with E-state index in [1.807, 2.05) is 30.3 Å². The molecule has 0 amide bonds. The van der Waals surface area contributed by atoms with Gasteiger partial charge in [0.05, 0.1) is 10.7 Å². The van der Waals surface area contributed by atoms with Crippen molar-refractivity contribution < 1.29 is 0 Å². The van der Waals surface area contributed by atoms with Crippen molar-refractivity contribution in [2.24, 2.45) is 7.05 Å². The number of benzene rings is 2. The number of aromatic nitrogens is 3. The van der Waals surface area contributed by atoms with E-state index in [0.717, 1.165) is 5.56 Å². The van der Waals surface area contributed by atoms with Crippen LogP contribution in [-0.2, 0) is 7.05 Å². The summed E-state index contributed by atoms with van der Waals surface area (Å²) in [7, 11) is 1.67. The second-order valence-electron chi connectivity index (χ2n) is 4.54. The van der Waals surface area contributed by atoms with Gasteiger partial charge in [0.25, 0.3) is 0 Å². The summed E-state index contributed by atoms with van der Waals surface area (Å²) in [5.41, 5.74) is 1.04. The van der Waals surface area contributed by atoms with Crippen molar-refractivity contribution in [1.29, 1.82) is 0 Å². The fourth-order valence-corrected chi connectivity index (χ4v) is 2.44. The lowest BCUT2D eigenvalue weighted by Gasteiger charge is -2.02. The molecule has 0 bridgehead atoms. The second-order valence-corrected chi connectivity index (χ2v) is 5.38. The minimum atomic E-state index is -0.280. The van der Waals surface area contributed by atoms with Crippen LogP contribution >= 0.6 is 23.2 Å². The smallest absolute Gasteiger partial charge is 0.278 e. The number of halogens is 2. The zero-order valence-corrected chi connectivity index (χ0v) is 12.6. The summed E-state index contributed by atoms with van der Waals surface area (Å²) in [5, 5.41) is 5.29. The van der Waals surface area contributed by atoms with Gasteiger partial charge in [-0.15, -0.1) is 5.10 Å². The molecule has 2 aromatic carbocycles. The Morgan fingerprint density at radius 2 is 1.76 bits per heavy atom. The molecular weight excluding hydrogens is 309 g/mol. The van der Waals surface area contributed by atoms with Crippen molar-refractivity contribution >= 4 is 23.2 Å². The molecule has 0 aliphatic carbocycles. The zero-order valence-electron chi connectivity index (χ0n) is 11.1. The van der Waals surface area contributed by atoms with Gasteiger partial charge in [-0.25, -0.2) is 4.79 Å². The van der Waals surface area contributed by atoms with Gasteiger partial charge in [-0.2, -0.15) is 4.68 Å². The highest BCUT2D eigenvalue weighted by molar-refractivity contribution is 6.34. The largest absolute Gasteiger partial charge is 0.350 e. The van der Waals surface area contributed by atoms with Crippen LogP contribution in [0.1, 0.15) is 0 Å². The van der Waals surface area contributed by atoms with E-state index >= 15 is 0 Å². The predicted octanol–water partition coefficient (Wildman–Crippen LogP) is 3.54. The first-order valence-corrected chi connectivity index (χ1v) is 7.00. The van der Waals surface area contributed by atoms with Gasteiger partial charge in [0, 0.05) is 17.6 Å². The average Bonchev–Trinajstić information content (AvgIpc) is 2.79. The van der Waals surface area contributed by atoms with E-state index in [0.29, 0.717) is 21.6 Å². The van der Waals surface area contributed by atoms with Crippen LogP contribution < -0.4 is 5.69 Å². The molecule has 106 valence electrons. The van der Waals surface area contributed by atoms with Gasteiger partial charge in [0.1, 0.15) is 0 Å². The highest BCUT2D eigenvalue weighted by atomic mass is 35.5. The topological polar surface area (TPSA) is 39.8 Å². The Balaban J connectivity index is 2.22. The molecule has 0 aliphatic heterocycles. The number of hydrogen-bond acceptors (Lipinski definition) is 2. The van der Waals surface area contributed by atoms with Crippen LogP contribution in [0.15, 0.2) is 53.3 Å². The monoisotopic (exact) mass is 319 g/mol. The van der Waals surface area contributed by atoms with Gasteiger partial charge >= 0.3 is 5.69 Å². The molecule has 4 nitrogen and oxygen atoms in total. The zero-order chi connectivity index (χ0) is 15.0. The lowest BCUT2D eigenvalue weighted by atomic mass is 10.2. The van der Waals surface area contributed by atoms with Crippen LogP contribution in [0.2, 0.25) is 10.0 Å². The summed E-state index contributed by atoms with van der Waals surface area (Å²) in [6, 6.07) is 14.4. The second kappa shape index (κ2) is 5.39. The van der Waals surface area contributed by atoms with Gasteiger partial charge in [-0.1, -0.05) is 53.5 Å². The van der Waals surface area contributed by atoms with Crippen LogP contribution in [-0.4, -0.2) is 14.3 Å². The van der Waals surface area contributed by atoms with Crippen LogP contribution in [0.4, 0.5) is 0 Å². The third-order valence-corrected chi connectivity index (χ3v) is 3.70. The summed E-state index contributed by atoms with van der Waals surface area (Å²) in [6.45, 7) is 0.